The van der Waals surface area contributed by atoms with Crippen molar-refractivity contribution < 1.29 is 22.7 Å². The third-order valence-electron chi connectivity index (χ3n) is 5.93. The SMILES string of the molecule is CN(C)S(=O)(=O)N[C@H]1CCCN2C(=O)OCCOc3ccccc3-c3cccc(c3)C[C@@H]12. The van der Waals surface area contributed by atoms with E-state index in [0.717, 1.165) is 26.7 Å². The molecule has 2 aromatic rings. The molecular weight excluding hydrogens is 430 g/mol. The van der Waals surface area contributed by atoms with Gasteiger partial charge in [-0.3, -0.25) is 0 Å². The molecule has 1 saturated heterocycles. The lowest BCUT2D eigenvalue weighted by Gasteiger charge is -2.41. The van der Waals surface area contributed by atoms with Crippen molar-refractivity contribution in [3.05, 3.63) is 54.1 Å². The Morgan fingerprint density at radius 3 is 2.66 bits per heavy atom. The molecule has 9 heteroatoms. The Labute approximate surface area is 189 Å². The number of nitrogens with zero attached hydrogens (tertiary/aromatic N) is 2. The summed E-state index contributed by atoms with van der Waals surface area (Å²) in [5.74, 6) is 0.731. The molecule has 1 amide bonds. The smallest absolute Gasteiger partial charge is 0.410 e. The summed E-state index contributed by atoms with van der Waals surface area (Å²) < 4.78 is 40.5. The second-order valence-electron chi connectivity index (χ2n) is 8.28. The number of fused-ring (bicyclic) bond motifs is 5. The monoisotopic (exact) mass is 459 g/mol. The van der Waals surface area contributed by atoms with Crippen molar-refractivity contribution in [3.63, 3.8) is 0 Å². The quantitative estimate of drug-likeness (QED) is 0.763. The highest BCUT2D eigenvalue weighted by molar-refractivity contribution is 7.87. The fourth-order valence-electron chi connectivity index (χ4n) is 4.27. The zero-order valence-electron chi connectivity index (χ0n) is 18.4. The lowest BCUT2D eigenvalue weighted by Crippen LogP contribution is -2.59. The Bertz CT molecular complexity index is 1070. The van der Waals surface area contributed by atoms with Crippen molar-refractivity contribution in [2.24, 2.45) is 0 Å². The first kappa shape index (κ1) is 22.6. The number of rotatable bonds is 3. The van der Waals surface area contributed by atoms with Gasteiger partial charge in [0, 0.05) is 32.2 Å². The van der Waals surface area contributed by atoms with Crippen molar-refractivity contribution in [2.45, 2.75) is 31.3 Å². The summed E-state index contributed by atoms with van der Waals surface area (Å²) in [4.78, 5) is 14.6. The van der Waals surface area contributed by atoms with E-state index in [2.05, 4.69) is 10.8 Å². The van der Waals surface area contributed by atoms with Crippen LogP contribution in [0.2, 0.25) is 0 Å². The number of nitrogens with one attached hydrogen (secondary N) is 1. The summed E-state index contributed by atoms with van der Waals surface area (Å²) in [6, 6.07) is 15.1. The minimum atomic E-state index is -3.65. The minimum Gasteiger partial charge on any atom is -0.489 e. The number of para-hydroxylation sites is 1. The molecule has 2 heterocycles. The Hall–Kier alpha value is -2.62. The molecule has 0 aliphatic carbocycles. The first-order valence-electron chi connectivity index (χ1n) is 10.8. The van der Waals surface area contributed by atoms with Gasteiger partial charge in [-0.25, -0.2) is 4.79 Å². The maximum Gasteiger partial charge on any atom is 0.410 e. The summed E-state index contributed by atoms with van der Waals surface area (Å²) in [5.41, 5.74) is 2.98. The number of carbonyl (C=O) groups is 1. The number of hydrogen-bond acceptors (Lipinski definition) is 5. The first-order chi connectivity index (χ1) is 15.3. The maximum absolute atomic E-state index is 12.9. The lowest BCUT2D eigenvalue weighted by atomic mass is 9.90. The molecule has 1 N–H and O–H groups in total. The van der Waals surface area contributed by atoms with E-state index in [1.165, 1.54) is 14.1 Å². The number of hydrogen-bond donors (Lipinski definition) is 1. The fraction of sp³-hybridized carbons (Fsp3) is 0.435. The Morgan fingerprint density at radius 1 is 1.06 bits per heavy atom. The molecule has 0 radical (unpaired) electrons. The van der Waals surface area contributed by atoms with Crippen molar-refractivity contribution in [1.82, 2.24) is 13.9 Å². The summed E-state index contributed by atoms with van der Waals surface area (Å²) in [5, 5.41) is 0. The summed E-state index contributed by atoms with van der Waals surface area (Å²) in [6.07, 6.45) is 1.39. The fourth-order valence-corrected chi connectivity index (χ4v) is 5.14. The molecule has 0 unspecified atom stereocenters. The van der Waals surface area contributed by atoms with Gasteiger partial charge in [-0.15, -0.1) is 0 Å². The van der Waals surface area contributed by atoms with Crippen molar-refractivity contribution in [3.8, 4) is 16.9 Å². The van der Waals surface area contributed by atoms with E-state index < -0.39 is 22.3 Å². The average Bonchev–Trinajstić information content (AvgIpc) is 2.78. The van der Waals surface area contributed by atoms with Crippen LogP contribution in [0, 0.1) is 0 Å². The van der Waals surface area contributed by atoms with Crippen LogP contribution in [-0.2, 0) is 21.4 Å². The van der Waals surface area contributed by atoms with Gasteiger partial charge in [0.25, 0.3) is 10.2 Å². The molecule has 0 aromatic heterocycles. The third-order valence-corrected chi connectivity index (χ3v) is 7.49. The number of carbonyl (C=O) groups excluding carboxylic acids is 1. The molecule has 32 heavy (non-hydrogen) atoms. The number of benzene rings is 2. The molecule has 2 bridgehead atoms. The number of piperidine rings is 1. The van der Waals surface area contributed by atoms with Crippen LogP contribution in [0.1, 0.15) is 18.4 Å². The van der Waals surface area contributed by atoms with Gasteiger partial charge in [-0.05, 0) is 36.5 Å². The average molecular weight is 460 g/mol. The van der Waals surface area contributed by atoms with Gasteiger partial charge in [0.05, 0.1) is 6.04 Å². The molecule has 2 aromatic carbocycles. The van der Waals surface area contributed by atoms with Crippen LogP contribution in [0.15, 0.2) is 48.5 Å². The molecule has 0 spiro atoms. The summed E-state index contributed by atoms with van der Waals surface area (Å²) in [6.45, 7) is 0.865. The second kappa shape index (κ2) is 9.48. The predicted molar refractivity (Wildman–Crippen MR) is 122 cm³/mol. The molecular formula is C23H29N3O5S. The van der Waals surface area contributed by atoms with E-state index in [9.17, 15) is 13.2 Å². The van der Waals surface area contributed by atoms with Crippen LogP contribution in [-0.4, -0.2) is 69.7 Å². The normalized spacial score (nSPS) is 21.8. The van der Waals surface area contributed by atoms with Gasteiger partial charge >= 0.3 is 6.09 Å². The highest BCUT2D eigenvalue weighted by Crippen LogP contribution is 2.32. The van der Waals surface area contributed by atoms with Crippen LogP contribution in [0.25, 0.3) is 11.1 Å². The van der Waals surface area contributed by atoms with Crippen LogP contribution in [0.4, 0.5) is 4.79 Å². The van der Waals surface area contributed by atoms with Crippen molar-refractivity contribution >= 4 is 16.3 Å². The minimum absolute atomic E-state index is 0.113. The van der Waals surface area contributed by atoms with Gasteiger partial charge in [0.15, 0.2) is 0 Å². The largest absolute Gasteiger partial charge is 0.489 e. The Balaban J connectivity index is 1.72. The molecule has 2 aliphatic heterocycles. The molecule has 2 atom stereocenters. The van der Waals surface area contributed by atoms with Gasteiger partial charge < -0.3 is 14.4 Å². The van der Waals surface area contributed by atoms with Crippen LogP contribution < -0.4 is 9.46 Å². The zero-order chi connectivity index (χ0) is 22.7. The third kappa shape index (κ3) is 4.90. The van der Waals surface area contributed by atoms with Crippen LogP contribution in [0.3, 0.4) is 0 Å². The molecule has 8 nitrogen and oxygen atoms in total. The van der Waals surface area contributed by atoms with Crippen molar-refractivity contribution in [2.75, 3.05) is 33.9 Å². The molecule has 2 aliphatic rings. The van der Waals surface area contributed by atoms with Crippen LogP contribution in [0.5, 0.6) is 5.75 Å². The first-order valence-corrected chi connectivity index (χ1v) is 12.2. The number of cyclic esters (lactones) is 1. The maximum atomic E-state index is 12.9. The summed E-state index contributed by atoms with van der Waals surface area (Å²) >= 11 is 0. The topological polar surface area (TPSA) is 88.2 Å². The molecule has 1 fully saturated rings. The van der Waals surface area contributed by atoms with E-state index in [-0.39, 0.29) is 19.3 Å². The zero-order valence-corrected chi connectivity index (χ0v) is 19.2. The van der Waals surface area contributed by atoms with Crippen LogP contribution >= 0.6 is 0 Å². The molecule has 172 valence electrons. The van der Waals surface area contributed by atoms with Gasteiger partial charge in [0.2, 0.25) is 0 Å². The molecule has 0 saturated carbocycles. The van der Waals surface area contributed by atoms with E-state index in [0.29, 0.717) is 25.8 Å². The highest BCUT2D eigenvalue weighted by Gasteiger charge is 2.38. The number of ether oxygens (including phenoxy) is 2. The predicted octanol–water partition coefficient (Wildman–Crippen LogP) is 2.65. The van der Waals surface area contributed by atoms with Gasteiger partial charge in [0.1, 0.15) is 19.0 Å². The van der Waals surface area contributed by atoms with Gasteiger partial charge in [-0.2, -0.15) is 17.4 Å². The van der Waals surface area contributed by atoms with Gasteiger partial charge in [-0.1, -0.05) is 42.5 Å². The summed E-state index contributed by atoms with van der Waals surface area (Å²) in [7, 11) is -0.670. The second-order valence-corrected chi connectivity index (χ2v) is 10.2. The standard InChI is InChI=1S/C23H29N3O5S/c1-25(2)32(28,29)24-20-10-6-12-26-21(20)16-17-7-5-8-18(15-17)19-9-3-4-11-22(19)30-13-14-31-23(26)27/h3-5,7-9,11,15,20-21,24H,6,10,12-14,16H2,1-2H3/t20-,21-/m0/s1. The van der Waals surface area contributed by atoms with E-state index >= 15 is 0 Å². The number of amides is 1. The highest BCUT2D eigenvalue weighted by atomic mass is 32.2. The Morgan fingerprint density at radius 2 is 1.84 bits per heavy atom. The van der Waals surface area contributed by atoms with E-state index in [1.54, 1.807) is 4.90 Å². The van der Waals surface area contributed by atoms with E-state index in [4.69, 9.17) is 9.47 Å². The molecule has 4 rings (SSSR count). The Kier molecular flexibility index (Phi) is 6.68. The lowest BCUT2D eigenvalue weighted by molar-refractivity contribution is 0.0561. The van der Waals surface area contributed by atoms with E-state index in [1.807, 2.05) is 42.5 Å². The van der Waals surface area contributed by atoms with Crippen molar-refractivity contribution in [1.29, 1.82) is 0 Å².